The molecule has 2 aliphatic heterocycles. The molecule has 2 aliphatic rings. The van der Waals surface area contributed by atoms with Crippen LogP contribution in [-0.4, -0.2) is 76.2 Å². The van der Waals surface area contributed by atoms with Gasteiger partial charge in [0.1, 0.15) is 12.1 Å². The number of likely N-dealkylation sites (N-methyl/N-ethyl adjacent to an activating group) is 1. The van der Waals surface area contributed by atoms with E-state index >= 15 is 0 Å². The van der Waals surface area contributed by atoms with Gasteiger partial charge in [0.25, 0.3) is 0 Å². The molecule has 3 heterocycles. The van der Waals surface area contributed by atoms with Crippen molar-refractivity contribution >= 4 is 32.7 Å². The summed E-state index contributed by atoms with van der Waals surface area (Å²) >= 11 is 0. The van der Waals surface area contributed by atoms with E-state index in [0.717, 1.165) is 9.91 Å². The second-order valence-electron chi connectivity index (χ2n) is 5.85. The lowest BCUT2D eigenvalue weighted by Crippen LogP contribution is -2.47. The van der Waals surface area contributed by atoms with Crippen LogP contribution in [0.4, 0.5) is 4.79 Å². The summed E-state index contributed by atoms with van der Waals surface area (Å²) in [6.45, 7) is -0.129. The molecule has 156 valence electrons. The molecular weight excluding hydrogens is 426 g/mol. The predicted molar refractivity (Wildman–Crippen MR) is 87.3 cm³/mol. The van der Waals surface area contributed by atoms with E-state index in [9.17, 15) is 21.6 Å². The number of hydrogen-bond donors (Lipinski definition) is 3. The Balaban J connectivity index is 2.13. The first-order valence-corrected chi connectivity index (χ1v) is 10.0. The minimum Gasteiger partial charge on any atom is -0.304 e. The van der Waals surface area contributed by atoms with E-state index in [-0.39, 0.29) is 12.4 Å². The number of urea groups is 1. The summed E-state index contributed by atoms with van der Waals surface area (Å²) in [5.41, 5.74) is 0.626. The van der Waals surface area contributed by atoms with Gasteiger partial charge in [-0.15, -0.1) is 4.28 Å². The van der Waals surface area contributed by atoms with Crippen LogP contribution < -0.4 is 5.84 Å². The molecule has 2 bridgehead atoms. The third-order valence-electron chi connectivity index (χ3n) is 4.04. The van der Waals surface area contributed by atoms with Gasteiger partial charge in [0.2, 0.25) is 0 Å². The molecule has 2 atom stereocenters. The van der Waals surface area contributed by atoms with Crippen molar-refractivity contribution in [3.8, 4) is 0 Å². The Morgan fingerprint density at radius 3 is 2.54 bits per heavy atom. The van der Waals surface area contributed by atoms with E-state index in [2.05, 4.69) is 18.8 Å². The number of rotatable bonds is 5. The van der Waals surface area contributed by atoms with Gasteiger partial charge < -0.3 is 4.90 Å². The first-order valence-electron chi connectivity index (χ1n) is 7.31. The maximum Gasteiger partial charge on any atom is 0.466 e. The van der Waals surface area contributed by atoms with Gasteiger partial charge in [0.05, 0.1) is 18.4 Å². The maximum atomic E-state index is 12.7. The summed E-state index contributed by atoms with van der Waals surface area (Å²) in [4.78, 5) is 13.7. The number of hydrazine groups is 1. The number of fused-ring (bicyclic) bond motifs is 4. The summed E-state index contributed by atoms with van der Waals surface area (Å²) in [6, 6.07) is -3.11. The zero-order chi connectivity index (χ0) is 21.0. The van der Waals surface area contributed by atoms with E-state index in [1.165, 1.54) is 25.0 Å². The first-order chi connectivity index (χ1) is 12.8. The standard InChI is InChI=1S/C10H15N7O9S2/c1-14(11)9(13-25-27(19,20)21)8-7-5(3-12-15(7)2)6-4-16(8)10(18)17(6)26-28(22,23)24/h3,6,8H,4,11H2,1-2H3,(H,19,20,21)(H,22,23,24)/t6-,8-/m0/s1. The predicted octanol–water partition coefficient (Wildman–Crippen LogP) is -2.07. The lowest BCUT2D eigenvalue weighted by Gasteiger charge is -2.33. The molecule has 0 aromatic carbocycles. The summed E-state index contributed by atoms with van der Waals surface area (Å²) in [5, 5.41) is 8.62. The van der Waals surface area contributed by atoms with Gasteiger partial charge in [-0.1, -0.05) is 0 Å². The van der Waals surface area contributed by atoms with E-state index in [0.29, 0.717) is 16.3 Å². The van der Waals surface area contributed by atoms with Gasteiger partial charge in [-0.3, -0.25) is 18.8 Å². The number of aromatic nitrogens is 2. The van der Waals surface area contributed by atoms with Gasteiger partial charge in [0, 0.05) is 19.7 Å². The largest absolute Gasteiger partial charge is 0.466 e. The van der Waals surface area contributed by atoms with Gasteiger partial charge in [0.15, 0.2) is 5.84 Å². The monoisotopic (exact) mass is 441 g/mol. The Labute approximate surface area is 158 Å². The Morgan fingerprint density at radius 2 is 2.00 bits per heavy atom. The Kier molecular flexibility index (Phi) is 4.72. The highest BCUT2D eigenvalue weighted by molar-refractivity contribution is 7.81. The number of aryl methyl sites for hydroxylation is 1. The van der Waals surface area contributed by atoms with Crippen molar-refractivity contribution in [1.29, 1.82) is 0 Å². The Hall–Kier alpha value is -2.51. The van der Waals surface area contributed by atoms with Crippen molar-refractivity contribution in [3.05, 3.63) is 17.5 Å². The van der Waals surface area contributed by atoms with Crippen molar-refractivity contribution in [2.45, 2.75) is 12.1 Å². The molecule has 3 rings (SSSR count). The minimum atomic E-state index is -5.01. The van der Waals surface area contributed by atoms with Crippen LogP contribution in [0, 0.1) is 0 Å². The number of nitrogens with two attached hydrogens (primary N) is 1. The van der Waals surface area contributed by atoms with Crippen LogP contribution in [-0.2, 0) is 36.4 Å². The van der Waals surface area contributed by atoms with Crippen LogP contribution in [0.1, 0.15) is 23.3 Å². The third kappa shape index (κ3) is 3.59. The van der Waals surface area contributed by atoms with Crippen LogP contribution >= 0.6 is 0 Å². The fourth-order valence-corrected chi connectivity index (χ4v) is 3.62. The zero-order valence-electron chi connectivity index (χ0n) is 14.3. The van der Waals surface area contributed by atoms with Crippen molar-refractivity contribution in [2.75, 3.05) is 13.6 Å². The Morgan fingerprint density at radius 1 is 1.36 bits per heavy atom. The molecule has 1 aromatic heterocycles. The number of carbonyl (C=O) groups is 1. The number of hydrogen-bond acceptors (Lipinski definition) is 10. The van der Waals surface area contributed by atoms with E-state index in [1.807, 2.05) is 0 Å². The molecule has 2 amide bonds. The molecule has 0 radical (unpaired) electrons. The molecule has 1 saturated heterocycles. The zero-order valence-corrected chi connectivity index (χ0v) is 15.9. The van der Waals surface area contributed by atoms with Crippen molar-refractivity contribution in [3.63, 3.8) is 0 Å². The van der Waals surface area contributed by atoms with E-state index in [4.69, 9.17) is 14.9 Å². The topological polar surface area (TPSA) is 210 Å². The second-order valence-corrected chi connectivity index (χ2v) is 7.86. The molecule has 28 heavy (non-hydrogen) atoms. The summed E-state index contributed by atoms with van der Waals surface area (Å²) in [5.74, 6) is 5.35. The summed E-state index contributed by atoms with van der Waals surface area (Å²) in [7, 11) is -7.21. The average Bonchev–Trinajstić information content (AvgIpc) is 3.02. The highest BCUT2D eigenvalue weighted by Gasteiger charge is 2.53. The molecule has 0 aliphatic carbocycles. The smallest absolute Gasteiger partial charge is 0.304 e. The average molecular weight is 441 g/mol. The van der Waals surface area contributed by atoms with Gasteiger partial charge in [-0.05, 0) is 5.16 Å². The Bertz CT molecular complexity index is 1050. The number of carbonyl (C=O) groups excluding carboxylic acids is 1. The number of oxime groups is 1. The highest BCUT2D eigenvalue weighted by Crippen LogP contribution is 2.44. The number of amidine groups is 1. The number of hydroxylamine groups is 2. The maximum absolute atomic E-state index is 12.7. The molecule has 0 unspecified atom stereocenters. The molecular formula is C10H15N7O9S2. The second kappa shape index (κ2) is 6.53. The van der Waals surface area contributed by atoms with Crippen LogP contribution in [0.15, 0.2) is 11.4 Å². The fourth-order valence-electron chi connectivity index (χ4n) is 3.08. The normalized spacial score (nSPS) is 22.5. The SMILES string of the molecule is CN(N)C(=NOS(=O)(=O)O)[C@@H]1c2c(cnn2C)[C@@H]2CN1C(=O)N2OS(=O)(=O)O. The molecule has 16 nitrogen and oxygen atoms in total. The third-order valence-corrected chi connectivity index (χ3v) is 4.65. The molecule has 4 N–H and O–H groups in total. The molecule has 1 fully saturated rings. The molecule has 0 spiro atoms. The van der Waals surface area contributed by atoms with E-state index in [1.54, 1.807) is 0 Å². The lowest BCUT2D eigenvalue weighted by atomic mass is 9.97. The van der Waals surface area contributed by atoms with Gasteiger partial charge in [-0.2, -0.15) is 27.0 Å². The van der Waals surface area contributed by atoms with Crippen LogP contribution in [0.3, 0.4) is 0 Å². The van der Waals surface area contributed by atoms with Crippen LogP contribution in [0.25, 0.3) is 0 Å². The number of nitrogens with zero attached hydrogens (tertiary/aromatic N) is 6. The quantitative estimate of drug-likeness (QED) is 0.148. The summed E-state index contributed by atoms with van der Waals surface area (Å²) in [6.07, 6.45) is 1.33. The van der Waals surface area contributed by atoms with Crippen molar-refractivity contribution < 1.29 is 39.3 Å². The van der Waals surface area contributed by atoms with Crippen LogP contribution in [0.2, 0.25) is 0 Å². The van der Waals surface area contributed by atoms with E-state index < -0.39 is 38.9 Å². The van der Waals surface area contributed by atoms with Gasteiger partial charge in [-0.25, -0.2) is 14.9 Å². The summed E-state index contributed by atoms with van der Waals surface area (Å²) < 4.78 is 71.4. The van der Waals surface area contributed by atoms with Crippen LogP contribution in [0.5, 0.6) is 0 Å². The lowest BCUT2D eigenvalue weighted by molar-refractivity contribution is -0.0316. The molecule has 1 aromatic rings. The van der Waals surface area contributed by atoms with Crippen molar-refractivity contribution in [2.24, 2.45) is 18.0 Å². The van der Waals surface area contributed by atoms with Gasteiger partial charge >= 0.3 is 26.8 Å². The molecule has 18 heteroatoms. The highest BCUT2D eigenvalue weighted by atomic mass is 32.3. The fraction of sp³-hybridized carbons (Fsp3) is 0.500. The molecule has 0 saturated carbocycles. The minimum absolute atomic E-state index is 0.129. The first kappa shape index (κ1) is 20.2. The van der Waals surface area contributed by atoms with Crippen molar-refractivity contribution in [1.82, 2.24) is 24.8 Å². The number of amides is 2.